The van der Waals surface area contributed by atoms with Crippen LogP contribution in [-0.4, -0.2) is 26.5 Å². The monoisotopic (exact) mass is 530 g/mol. The van der Waals surface area contributed by atoms with Crippen molar-refractivity contribution >= 4 is 23.8 Å². The summed E-state index contributed by atoms with van der Waals surface area (Å²) >= 11 is 0. The average molecular weight is 531 g/mol. The first-order valence-electron chi connectivity index (χ1n) is 13.5. The Morgan fingerprint density at radius 1 is 0.750 bits per heavy atom. The zero-order valence-corrected chi connectivity index (χ0v) is 23.5. The molecule has 6 heteroatoms. The van der Waals surface area contributed by atoms with Crippen LogP contribution in [0.4, 0.5) is 11.4 Å². The summed E-state index contributed by atoms with van der Waals surface area (Å²) in [5, 5.41) is 15.0. The Balaban J connectivity index is 1.22. The van der Waals surface area contributed by atoms with Crippen LogP contribution in [0.2, 0.25) is 0 Å². The van der Waals surface area contributed by atoms with Crippen LogP contribution in [0, 0.1) is 0 Å². The third-order valence-electron chi connectivity index (χ3n) is 6.44. The van der Waals surface area contributed by atoms with Crippen LogP contribution in [0.1, 0.15) is 23.6 Å². The second-order valence-corrected chi connectivity index (χ2v) is 9.42. The molecule has 0 spiro atoms. The highest BCUT2D eigenvalue weighted by Crippen LogP contribution is 2.12. The van der Waals surface area contributed by atoms with Gasteiger partial charge in [0.05, 0.1) is 30.0 Å². The van der Waals surface area contributed by atoms with E-state index >= 15 is 0 Å². The summed E-state index contributed by atoms with van der Waals surface area (Å²) in [7, 11) is 3.91. The number of benzene rings is 3. The maximum absolute atomic E-state index is 4.54. The van der Waals surface area contributed by atoms with Gasteiger partial charge in [-0.15, -0.1) is 0 Å². The van der Waals surface area contributed by atoms with Crippen molar-refractivity contribution < 1.29 is 9.88 Å². The molecule has 4 rings (SSSR count). The summed E-state index contributed by atoms with van der Waals surface area (Å²) < 4.78 is 2.18. The Bertz CT molecular complexity index is 1420. The first-order valence-corrected chi connectivity index (χ1v) is 13.5. The highest BCUT2D eigenvalue weighted by molar-refractivity contribution is 5.82. The fourth-order valence-electron chi connectivity index (χ4n) is 3.98. The van der Waals surface area contributed by atoms with E-state index in [0.717, 1.165) is 35.6 Å². The van der Waals surface area contributed by atoms with Gasteiger partial charge >= 0.3 is 0 Å². The van der Waals surface area contributed by atoms with Crippen molar-refractivity contribution in [2.45, 2.75) is 20.0 Å². The Morgan fingerprint density at radius 2 is 1.32 bits per heavy atom. The molecule has 6 nitrogen and oxygen atoms in total. The predicted octanol–water partition coefficient (Wildman–Crippen LogP) is 5.14. The van der Waals surface area contributed by atoms with Crippen LogP contribution in [-0.2, 0) is 13.1 Å². The summed E-state index contributed by atoms with van der Waals surface area (Å²) in [6, 6.07) is 33.2. The largest absolute Gasteiger partial charge is 0.316 e. The van der Waals surface area contributed by atoms with Crippen molar-refractivity contribution in [1.82, 2.24) is 0 Å². The molecule has 3 aromatic carbocycles. The van der Waals surface area contributed by atoms with E-state index < -0.39 is 0 Å². The Labute approximate surface area is 237 Å². The molecule has 0 aliphatic rings. The van der Waals surface area contributed by atoms with Gasteiger partial charge in [-0.1, -0.05) is 66.7 Å². The smallest absolute Gasteiger partial charge is 0.173 e. The lowest BCUT2D eigenvalue weighted by atomic mass is 10.1. The number of pyridine rings is 1. The molecule has 0 saturated carbocycles. The van der Waals surface area contributed by atoms with Gasteiger partial charge in [-0.05, 0) is 42.8 Å². The molecule has 0 saturated heterocycles. The zero-order chi connectivity index (χ0) is 28.0. The molecule has 0 unspecified atom stereocenters. The molecular weight excluding hydrogens is 492 g/mol. The molecule has 40 heavy (non-hydrogen) atoms. The first kappa shape index (κ1) is 28.2. The van der Waals surface area contributed by atoms with Gasteiger partial charge in [0.25, 0.3) is 0 Å². The van der Waals surface area contributed by atoms with Crippen LogP contribution in [0.5, 0.6) is 0 Å². The van der Waals surface area contributed by atoms with Crippen molar-refractivity contribution in [2.75, 3.05) is 24.1 Å². The second kappa shape index (κ2) is 15.0. The molecule has 2 N–H and O–H groups in total. The molecule has 4 aromatic rings. The summed E-state index contributed by atoms with van der Waals surface area (Å²) in [4.78, 5) is 0. The van der Waals surface area contributed by atoms with Crippen LogP contribution >= 0.6 is 0 Å². The number of quaternary nitrogens is 1. The van der Waals surface area contributed by atoms with E-state index in [0.29, 0.717) is 0 Å². The van der Waals surface area contributed by atoms with E-state index in [1.54, 1.807) is 0 Å². The molecule has 1 heterocycles. The van der Waals surface area contributed by atoms with E-state index in [9.17, 15) is 0 Å². The Morgan fingerprint density at radius 3 is 1.93 bits per heavy atom. The van der Waals surface area contributed by atoms with E-state index in [1.165, 1.54) is 11.1 Å². The topological polar surface area (TPSA) is 51.7 Å². The highest BCUT2D eigenvalue weighted by Gasteiger charge is 2.04. The number of hydrogen-bond donors (Lipinski definition) is 1. The van der Waals surface area contributed by atoms with Crippen molar-refractivity contribution in [3.63, 3.8) is 0 Å². The molecular formula is C34H38N6+2. The van der Waals surface area contributed by atoms with Crippen molar-refractivity contribution in [2.24, 2.45) is 10.2 Å². The molecule has 0 aliphatic carbocycles. The van der Waals surface area contributed by atoms with Gasteiger partial charge in [-0.25, -0.2) is 4.57 Å². The molecule has 0 atom stereocenters. The predicted molar refractivity (Wildman–Crippen MR) is 166 cm³/mol. The lowest BCUT2D eigenvalue weighted by molar-refractivity contribution is -0.688. The molecule has 0 aliphatic heterocycles. The number of allylic oxidation sites excluding steroid dienone is 3. The van der Waals surface area contributed by atoms with E-state index in [-0.39, 0.29) is 0 Å². The number of nitrogens with two attached hydrogens (primary N) is 1. The van der Waals surface area contributed by atoms with Crippen molar-refractivity contribution in [3.8, 4) is 0 Å². The minimum Gasteiger partial charge on any atom is -0.316 e. The van der Waals surface area contributed by atoms with E-state index in [1.807, 2.05) is 104 Å². The second-order valence-electron chi connectivity index (χ2n) is 9.42. The van der Waals surface area contributed by atoms with Crippen LogP contribution in [0.15, 0.2) is 144 Å². The summed E-state index contributed by atoms with van der Waals surface area (Å²) in [5.41, 5.74) is 6.79. The Kier molecular flexibility index (Phi) is 10.5. The van der Waals surface area contributed by atoms with Gasteiger partial charge in [-0.3, -0.25) is 10.0 Å². The van der Waals surface area contributed by atoms with E-state index in [2.05, 4.69) is 87.2 Å². The number of hydrogen-bond acceptors (Lipinski definition) is 4. The molecule has 0 amide bonds. The molecule has 0 fully saturated rings. The van der Waals surface area contributed by atoms with Gasteiger partial charge in [0.15, 0.2) is 18.9 Å². The maximum Gasteiger partial charge on any atom is 0.173 e. The van der Waals surface area contributed by atoms with Crippen LogP contribution < -0.4 is 19.9 Å². The standard InChI is InChI=1S/C34H37N6/c1-4-29(26-36-38(2)33-11-7-5-8-12-33)19-22-35-25-30-15-17-32(18-16-30)28-40-23-20-31(21-24-40)27-37-39(3)34-13-9-6-10-14-34/h4-24,26-27,35H,25,28H2,1-3H3/q+1/p+1/b22-19-,29-4+,36-26+. The average Bonchev–Trinajstić information content (AvgIpc) is 3.01. The van der Waals surface area contributed by atoms with Gasteiger partial charge < -0.3 is 5.32 Å². The number of rotatable bonds is 12. The number of nitrogens with zero attached hydrogens (tertiary/aromatic N) is 5. The molecule has 1 aromatic heterocycles. The third-order valence-corrected chi connectivity index (χ3v) is 6.44. The lowest BCUT2D eigenvalue weighted by Gasteiger charge is -2.12. The fourth-order valence-corrected chi connectivity index (χ4v) is 3.98. The van der Waals surface area contributed by atoms with Gasteiger partial charge in [0.2, 0.25) is 0 Å². The van der Waals surface area contributed by atoms with Gasteiger partial charge in [0, 0.05) is 42.9 Å². The zero-order valence-electron chi connectivity index (χ0n) is 23.5. The first-order chi connectivity index (χ1) is 19.6. The SMILES string of the molecule is C/C=C(\C=C/[NH2+]Cc1ccc(C[n+]2ccc(/C=N/N(C)c3ccccc3)cc2)cc1)/C=N/N(C)c1ccccc1. The summed E-state index contributed by atoms with van der Waals surface area (Å²) in [6.07, 6.45) is 14.2. The highest BCUT2D eigenvalue weighted by atomic mass is 15.4. The maximum atomic E-state index is 4.54. The minimum atomic E-state index is 0.826. The van der Waals surface area contributed by atoms with Gasteiger partial charge in [-0.2, -0.15) is 10.2 Å². The fraction of sp³-hybridized carbons (Fsp3) is 0.147. The number of anilines is 2. The number of hydrazone groups is 2. The lowest BCUT2D eigenvalue weighted by Crippen LogP contribution is -2.76. The Hall–Kier alpha value is -4.81. The minimum absolute atomic E-state index is 0.826. The van der Waals surface area contributed by atoms with Crippen LogP contribution in [0.3, 0.4) is 0 Å². The third kappa shape index (κ3) is 8.89. The van der Waals surface area contributed by atoms with Gasteiger partial charge in [0.1, 0.15) is 6.54 Å². The van der Waals surface area contributed by atoms with E-state index in [4.69, 9.17) is 0 Å². The summed E-state index contributed by atoms with van der Waals surface area (Å²) in [5.74, 6) is 0. The summed E-state index contributed by atoms with van der Waals surface area (Å²) in [6.45, 7) is 3.73. The number of aromatic nitrogens is 1. The molecule has 202 valence electrons. The van der Waals surface area contributed by atoms with Crippen molar-refractivity contribution in [1.29, 1.82) is 0 Å². The normalized spacial score (nSPS) is 12.0. The molecule has 0 radical (unpaired) electrons. The van der Waals surface area contributed by atoms with Crippen LogP contribution in [0.25, 0.3) is 0 Å². The molecule has 0 bridgehead atoms. The quantitative estimate of drug-likeness (QED) is 0.119. The van der Waals surface area contributed by atoms with Crippen molar-refractivity contribution in [3.05, 3.63) is 150 Å². The number of para-hydroxylation sites is 2.